The van der Waals surface area contributed by atoms with E-state index in [9.17, 15) is 0 Å². The molecule has 274 valence electrons. The van der Waals surface area contributed by atoms with Crippen LogP contribution in [0.15, 0.2) is 200 Å². The molecule has 0 saturated heterocycles. The van der Waals surface area contributed by atoms with Crippen LogP contribution in [0.4, 0.5) is 0 Å². The zero-order valence-corrected chi connectivity index (χ0v) is 32.4. The molecule has 10 aromatic rings. The van der Waals surface area contributed by atoms with Gasteiger partial charge in [-0.15, -0.1) is 0 Å². The van der Waals surface area contributed by atoms with Gasteiger partial charge in [-0.2, -0.15) is 0 Å². The Labute approximate surface area is 338 Å². The molecule has 0 atom stereocenters. The monoisotopic (exact) mass is 741 g/mol. The Bertz CT molecular complexity index is 3100. The van der Waals surface area contributed by atoms with Gasteiger partial charge < -0.3 is 4.57 Å². The van der Waals surface area contributed by atoms with Crippen LogP contribution in [0.5, 0.6) is 0 Å². The van der Waals surface area contributed by atoms with Crippen LogP contribution in [-0.2, 0) is 5.41 Å². The highest BCUT2D eigenvalue weighted by Crippen LogP contribution is 2.50. The molecule has 0 spiro atoms. The van der Waals surface area contributed by atoms with Gasteiger partial charge in [0.2, 0.25) is 0 Å². The fraction of sp³-hybridized carbons (Fsp3) is 0.0545. The molecule has 0 N–H and O–H groups in total. The van der Waals surface area contributed by atoms with Gasteiger partial charge in [0.15, 0.2) is 5.82 Å². The summed E-state index contributed by atoms with van der Waals surface area (Å²) < 4.78 is 2.41. The van der Waals surface area contributed by atoms with Gasteiger partial charge >= 0.3 is 0 Å². The zero-order valence-electron chi connectivity index (χ0n) is 32.4. The van der Waals surface area contributed by atoms with Crippen molar-refractivity contribution in [1.82, 2.24) is 14.5 Å². The first-order chi connectivity index (χ1) is 28.5. The molecule has 2 heterocycles. The predicted molar refractivity (Wildman–Crippen MR) is 241 cm³/mol. The second-order valence-corrected chi connectivity index (χ2v) is 15.8. The largest absolute Gasteiger partial charge is 0.309 e. The number of rotatable bonds is 6. The zero-order chi connectivity index (χ0) is 38.8. The second kappa shape index (κ2) is 13.4. The van der Waals surface area contributed by atoms with Crippen molar-refractivity contribution in [3.05, 3.63) is 211 Å². The summed E-state index contributed by atoms with van der Waals surface area (Å²) in [7, 11) is 0. The van der Waals surface area contributed by atoms with Crippen molar-refractivity contribution in [2.75, 3.05) is 0 Å². The summed E-state index contributed by atoms with van der Waals surface area (Å²) in [5.41, 5.74) is 18.5. The summed E-state index contributed by atoms with van der Waals surface area (Å²) in [6.07, 6.45) is 0. The van der Waals surface area contributed by atoms with E-state index in [0.29, 0.717) is 5.82 Å². The molecule has 3 nitrogen and oxygen atoms in total. The molecule has 1 aliphatic carbocycles. The van der Waals surface area contributed by atoms with Gasteiger partial charge in [0.05, 0.1) is 22.4 Å². The lowest BCUT2D eigenvalue weighted by Crippen LogP contribution is -2.14. The predicted octanol–water partition coefficient (Wildman–Crippen LogP) is 14.2. The van der Waals surface area contributed by atoms with E-state index in [0.717, 1.165) is 44.8 Å². The van der Waals surface area contributed by atoms with Crippen LogP contribution in [0.2, 0.25) is 0 Å². The first kappa shape index (κ1) is 33.9. The van der Waals surface area contributed by atoms with Gasteiger partial charge in [-0.1, -0.05) is 172 Å². The van der Waals surface area contributed by atoms with E-state index in [4.69, 9.17) is 9.97 Å². The van der Waals surface area contributed by atoms with Crippen LogP contribution in [0, 0.1) is 0 Å². The average Bonchev–Trinajstić information content (AvgIpc) is 3.74. The summed E-state index contributed by atoms with van der Waals surface area (Å²) in [4.78, 5) is 10.3. The molecular formula is C55H39N3. The van der Waals surface area contributed by atoms with Gasteiger partial charge in [0, 0.05) is 38.6 Å². The van der Waals surface area contributed by atoms with Crippen molar-refractivity contribution in [1.29, 1.82) is 0 Å². The Kier molecular flexibility index (Phi) is 7.84. The van der Waals surface area contributed by atoms with Gasteiger partial charge in [0.25, 0.3) is 0 Å². The highest BCUT2D eigenvalue weighted by Gasteiger charge is 2.35. The van der Waals surface area contributed by atoms with Gasteiger partial charge in [0.1, 0.15) is 0 Å². The van der Waals surface area contributed by atoms with E-state index in [1.165, 1.54) is 55.3 Å². The van der Waals surface area contributed by atoms with Crippen LogP contribution in [0.25, 0.3) is 94.8 Å². The highest BCUT2D eigenvalue weighted by molar-refractivity contribution is 6.11. The highest BCUT2D eigenvalue weighted by atomic mass is 15.0. The molecule has 1 aliphatic rings. The maximum Gasteiger partial charge on any atom is 0.160 e. The minimum absolute atomic E-state index is 0.0634. The van der Waals surface area contributed by atoms with E-state index in [2.05, 4.69) is 194 Å². The Balaban J connectivity index is 1.10. The maximum absolute atomic E-state index is 5.20. The van der Waals surface area contributed by atoms with E-state index in [-0.39, 0.29) is 5.41 Å². The van der Waals surface area contributed by atoms with Crippen LogP contribution >= 0.6 is 0 Å². The number of hydrogen-bond acceptors (Lipinski definition) is 2. The van der Waals surface area contributed by atoms with Gasteiger partial charge in [-0.05, 0) is 87.0 Å². The van der Waals surface area contributed by atoms with Crippen molar-refractivity contribution in [2.24, 2.45) is 0 Å². The lowest BCUT2D eigenvalue weighted by molar-refractivity contribution is 0.660. The van der Waals surface area contributed by atoms with E-state index in [1.807, 2.05) is 24.3 Å². The first-order valence-electron chi connectivity index (χ1n) is 20.0. The number of nitrogens with zero attached hydrogens (tertiary/aromatic N) is 3. The van der Waals surface area contributed by atoms with Crippen molar-refractivity contribution >= 4 is 21.8 Å². The minimum Gasteiger partial charge on any atom is -0.309 e. The molecule has 8 aromatic carbocycles. The summed E-state index contributed by atoms with van der Waals surface area (Å²) in [5, 5.41) is 2.41. The second-order valence-electron chi connectivity index (χ2n) is 15.8. The Morgan fingerprint density at radius 2 is 0.914 bits per heavy atom. The van der Waals surface area contributed by atoms with Crippen molar-refractivity contribution in [3.63, 3.8) is 0 Å². The molecule has 0 aliphatic heterocycles. The summed E-state index contributed by atoms with van der Waals surface area (Å²) in [6, 6.07) is 71.9. The number of aromatic nitrogens is 3. The fourth-order valence-corrected chi connectivity index (χ4v) is 9.02. The molecule has 0 fully saturated rings. The third kappa shape index (κ3) is 5.58. The summed E-state index contributed by atoms with van der Waals surface area (Å²) in [5.74, 6) is 0.708. The van der Waals surface area contributed by atoms with E-state index >= 15 is 0 Å². The van der Waals surface area contributed by atoms with E-state index < -0.39 is 0 Å². The minimum atomic E-state index is -0.0634. The van der Waals surface area contributed by atoms with E-state index in [1.54, 1.807) is 0 Å². The quantitative estimate of drug-likeness (QED) is 0.170. The summed E-state index contributed by atoms with van der Waals surface area (Å²) >= 11 is 0. The third-order valence-corrected chi connectivity index (χ3v) is 12.0. The van der Waals surface area contributed by atoms with Crippen molar-refractivity contribution in [3.8, 4) is 73.0 Å². The average molecular weight is 742 g/mol. The third-order valence-electron chi connectivity index (χ3n) is 12.0. The fourth-order valence-electron chi connectivity index (χ4n) is 9.02. The lowest BCUT2D eigenvalue weighted by Gasteiger charge is -2.22. The Morgan fingerprint density at radius 3 is 1.66 bits per heavy atom. The molecule has 2 aromatic heterocycles. The molecule has 0 unspecified atom stereocenters. The van der Waals surface area contributed by atoms with Crippen molar-refractivity contribution in [2.45, 2.75) is 19.3 Å². The normalized spacial score (nSPS) is 12.8. The van der Waals surface area contributed by atoms with Crippen LogP contribution in [0.3, 0.4) is 0 Å². The SMILES string of the molecule is CC1(C)c2ccccc2-c2ccc(-c3ccc4c(c3)c3ccc(-c5cc(-c6ccccc6)nc(-c6ccccc6)n5)cc3n4-c3ccc(-c4ccccc4)cc3)cc21. The maximum atomic E-state index is 5.20. The molecule has 3 heteroatoms. The van der Waals surface area contributed by atoms with Gasteiger partial charge in [-0.25, -0.2) is 9.97 Å². The van der Waals surface area contributed by atoms with Crippen LogP contribution in [-0.4, -0.2) is 14.5 Å². The summed E-state index contributed by atoms with van der Waals surface area (Å²) in [6.45, 7) is 4.70. The number of benzene rings is 8. The molecule has 0 radical (unpaired) electrons. The molecule has 58 heavy (non-hydrogen) atoms. The number of fused-ring (bicyclic) bond motifs is 6. The lowest BCUT2D eigenvalue weighted by atomic mass is 9.81. The smallest absolute Gasteiger partial charge is 0.160 e. The van der Waals surface area contributed by atoms with Crippen LogP contribution in [0.1, 0.15) is 25.0 Å². The number of hydrogen-bond donors (Lipinski definition) is 0. The molecule has 0 bridgehead atoms. The standard InChI is InChI=1S/C55H39N3/c1-55(2)48-21-13-12-20-44(48)45-29-24-41(33-49(45)55)40-26-31-52-47(32-40)46-30-25-42(34-53(46)58(52)43-27-22-37(23-28-43)36-14-6-3-7-15-36)51-35-50(38-16-8-4-9-17-38)56-54(57-51)39-18-10-5-11-19-39/h3-35H,1-2H3. The Hall–Kier alpha value is -7.36. The molecule has 0 amide bonds. The molecular weight excluding hydrogens is 703 g/mol. The molecule has 11 rings (SSSR count). The Morgan fingerprint density at radius 1 is 0.362 bits per heavy atom. The topological polar surface area (TPSA) is 30.7 Å². The van der Waals surface area contributed by atoms with Crippen LogP contribution < -0.4 is 0 Å². The molecule has 0 saturated carbocycles. The first-order valence-corrected chi connectivity index (χ1v) is 20.0. The van der Waals surface area contributed by atoms with Gasteiger partial charge in [-0.3, -0.25) is 0 Å². The van der Waals surface area contributed by atoms with Crippen molar-refractivity contribution < 1.29 is 0 Å².